The van der Waals surface area contributed by atoms with E-state index in [0.29, 0.717) is 0 Å². The van der Waals surface area contributed by atoms with Gasteiger partial charge in [0.1, 0.15) is 0 Å². The molecule has 21 heavy (non-hydrogen) atoms. The van der Waals surface area contributed by atoms with Crippen LogP contribution in [-0.4, -0.2) is 0 Å². The summed E-state index contributed by atoms with van der Waals surface area (Å²) < 4.78 is 0. The fourth-order valence-electron chi connectivity index (χ4n) is 2.52. The Morgan fingerprint density at radius 1 is 1.10 bits per heavy atom. The lowest BCUT2D eigenvalue weighted by molar-refractivity contribution is 1.42. The number of benzene rings is 2. The first-order valence-corrected chi connectivity index (χ1v) is 7.21. The van der Waals surface area contributed by atoms with Crippen molar-refractivity contribution in [1.82, 2.24) is 0 Å². The van der Waals surface area contributed by atoms with Gasteiger partial charge in [-0.25, -0.2) is 0 Å². The summed E-state index contributed by atoms with van der Waals surface area (Å²) in [5.41, 5.74) is 7.01. The normalized spacial score (nSPS) is 13.1. The predicted molar refractivity (Wildman–Crippen MR) is 92.0 cm³/mol. The molecule has 1 aliphatic rings. The highest BCUT2D eigenvalue weighted by atomic mass is 14.9. The fraction of sp³-hybridized carbons (Fsp3) is 0.100. The van der Waals surface area contributed by atoms with E-state index < -0.39 is 0 Å². The van der Waals surface area contributed by atoms with E-state index >= 15 is 0 Å². The van der Waals surface area contributed by atoms with Crippen molar-refractivity contribution in [2.24, 2.45) is 0 Å². The second kappa shape index (κ2) is 5.84. The number of rotatable bonds is 4. The van der Waals surface area contributed by atoms with Crippen molar-refractivity contribution in [2.45, 2.75) is 13.3 Å². The third-order valence-electron chi connectivity index (χ3n) is 3.69. The van der Waals surface area contributed by atoms with Crippen molar-refractivity contribution in [3.8, 4) is 0 Å². The molecule has 104 valence electrons. The lowest BCUT2D eigenvalue weighted by Crippen LogP contribution is -1.97. The third-order valence-corrected chi connectivity index (χ3v) is 3.69. The highest BCUT2D eigenvalue weighted by molar-refractivity contribution is 5.77. The summed E-state index contributed by atoms with van der Waals surface area (Å²) in [6, 6.07) is 16.9. The van der Waals surface area contributed by atoms with E-state index in [1.54, 1.807) is 0 Å². The number of anilines is 1. The highest BCUT2D eigenvalue weighted by Crippen LogP contribution is 2.25. The van der Waals surface area contributed by atoms with Crippen LogP contribution in [0.25, 0.3) is 11.3 Å². The summed E-state index contributed by atoms with van der Waals surface area (Å²) in [5.74, 6) is 0. The zero-order valence-electron chi connectivity index (χ0n) is 12.3. The molecule has 0 saturated heterocycles. The largest absolute Gasteiger partial charge is 0.356 e. The molecular formula is C20H19N. The summed E-state index contributed by atoms with van der Waals surface area (Å²) >= 11 is 0. The average Bonchev–Trinajstić information content (AvgIpc) is 3.01. The van der Waals surface area contributed by atoms with Crippen molar-refractivity contribution in [1.29, 1.82) is 0 Å². The van der Waals surface area contributed by atoms with Gasteiger partial charge in [0.15, 0.2) is 0 Å². The second-order valence-corrected chi connectivity index (χ2v) is 5.37. The van der Waals surface area contributed by atoms with E-state index in [1.165, 1.54) is 16.7 Å². The van der Waals surface area contributed by atoms with Crippen LogP contribution >= 0.6 is 0 Å². The summed E-state index contributed by atoms with van der Waals surface area (Å²) in [7, 11) is 0. The molecule has 0 aromatic heterocycles. The van der Waals surface area contributed by atoms with Crippen LogP contribution in [0.4, 0.5) is 5.69 Å². The van der Waals surface area contributed by atoms with Gasteiger partial charge in [0, 0.05) is 11.4 Å². The summed E-state index contributed by atoms with van der Waals surface area (Å²) in [5, 5.41) is 3.37. The third kappa shape index (κ3) is 3.14. The lowest BCUT2D eigenvalue weighted by atomic mass is 10.0. The molecule has 1 nitrogen and oxygen atoms in total. The number of allylic oxidation sites excluding steroid dienone is 4. The molecular weight excluding hydrogens is 254 g/mol. The quantitative estimate of drug-likeness (QED) is 0.784. The van der Waals surface area contributed by atoms with Gasteiger partial charge in [-0.15, -0.1) is 0 Å². The second-order valence-electron chi connectivity index (χ2n) is 5.37. The van der Waals surface area contributed by atoms with Crippen LogP contribution < -0.4 is 5.32 Å². The van der Waals surface area contributed by atoms with Gasteiger partial charge in [-0.1, -0.05) is 61.2 Å². The molecule has 1 N–H and O–H groups in total. The molecule has 1 aliphatic carbocycles. The van der Waals surface area contributed by atoms with Crippen LogP contribution in [0, 0.1) is 6.92 Å². The molecule has 0 fully saturated rings. The fourth-order valence-corrected chi connectivity index (χ4v) is 2.52. The minimum Gasteiger partial charge on any atom is -0.356 e. The molecule has 1 heteroatoms. The van der Waals surface area contributed by atoms with Gasteiger partial charge in [0.25, 0.3) is 0 Å². The Balaban J connectivity index is 1.73. The molecule has 0 aliphatic heterocycles. The number of aryl methyl sites for hydroxylation is 1. The highest BCUT2D eigenvalue weighted by Gasteiger charge is 2.04. The average molecular weight is 273 g/mol. The van der Waals surface area contributed by atoms with Crippen molar-refractivity contribution >= 4 is 17.0 Å². The summed E-state index contributed by atoms with van der Waals surface area (Å²) in [6.07, 6.45) is 7.50. The van der Waals surface area contributed by atoms with Gasteiger partial charge in [-0.3, -0.25) is 0 Å². The molecule has 2 aromatic carbocycles. The van der Waals surface area contributed by atoms with E-state index in [1.807, 2.05) is 6.07 Å². The molecule has 0 bridgehead atoms. The lowest BCUT2D eigenvalue weighted by Gasteiger charge is -2.11. The Morgan fingerprint density at radius 2 is 1.90 bits per heavy atom. The van der Waals surface area contributed by atoms with Crippen LogP contribution in [0.15, 0.2) is 73.3 Å². The summed E-state index contributed by atoms with van der Waals surface area (Å²) in [6.45, 7) is 6.23. The minimum atomic E-state index is 0.922. The SMILES string of the molecule is C=C(Nc1cccc(C)c1)c1ccc(C2=CC=CC2)cc1. The predicted octanol–water partition coefficient (Wildman–Crippen LogP) is 5.42. The molecule has 0 unspecified atom stereocenters. The van der Waals surface area contributed by atoms with Crippen molar-refractivity contribution in [2.75, 3.05) is 5.32 Å². The molecule has 0 spiro atoms. The van der Waals surface area contributed by atoms with Gasteiger partial charge in [-0.2, -0.15) is 0 Å². The molecule has 3 rings (SSSR count). The first kappa shape index (κ1) is 13.4. The first-order valence-electron chi connectivity index (χ1n) is 7.21. The number of nitrogens with one attached hydrogen (secondary N) is 1. The minimum absolute atomic E-state index is 0.922. The van der Waals surface area contributed by atoms with E-state index in [-0.39, 0.29) is 0 Å². The maximum Gasteiger partial charge on any atom is 0.0386 e. The van der Waals surface area contributed by atoms with Crippen molar-refractivity contribution < 1.29 is 0 Å². The smallest absolute Gasteiger partial charge is 0.0386 e. The number of hydrogen-bond donors (Lipinski definition) is 1. The zero-order chi connectivity index (χ0) is 14.7. The van der Waals surface area contributed by atoms with Crippen LogP contribution in [0.1, 0.15) is 23.1 Å². The van der Waals surface area contributed by atoms with E-state index in [4.69, 9.17) is 0 Å². The van der Waals surface area contributed by atoms with E-state index in [9.17, 15) is 0 Å². The van der Waals surface area contributed by atoms with Gasteiger partial charge in [0.2, 0.25) is 0 Å². The molecule has 0 heterocycles. The maximum atomic E-state index is 4.14. The molecule has 2 aromatic rings. The zero-order valence-corrected chi connectivity index (χ0v) is 12.3. The molecule has 0 radical (unpaired) electrons. The molecule has 0 saturated carbocycles. The molecule has 0 atom stereocenters. The molecule has 0 amide bonds. The Hall–Kier alpha value is -2.54. The standard InChI is InChI=1S/C20H19N/c1-15-6-5-9-20(14-15)21-16(2)17-10-12-19(13-11-17)18-7-3-4-8-18/h3-7,9-14,21H,2,8H2,1H3. The van der Waals surface area contributed by atoms with Gasteiger partial charge < -0.3 is 5.32 Å². The maximum absolute atomic E-state index is 4.14. The van der Waals surface area contributed by atoms with Crippen LogP contribution in [-0.2, 0) is 0 Å². The van der Waals surface area contributed by atoms with E-state index in [2.05, 4.69) is 79.5 Å². The van der Waals surface area contributed by atoms with Crippen LogP contribution in [0.2, 0.25) is 0 Å². The monoisotopic (exact) mass is 273 g/mol. The van der Waals surface area contributed by atoms with Crippen LogP contribution in [0.3, 0.4) is 0 Å². The summed E-state index contributed by atoms with van der Waals surface area (Å²) in [4.78, 5) is 0. The first-order chi connectivity index (χ1) is 10.2. The Kier molecular flexibility index (Phi) is 3.74. The Morgan fingerprint density at radius 3 is 2.57 bits per heavy atom. The Bertz CT molecular complexity index is 718. The van der Waals surface area contributed by atoms with Crippen LogP contribution in [0.5, 0.6) is 0 Å². The van der Waals surface area contributed by atoms with E-state index in [0.717, 1.165) is 23.4 Å². The Labute approximate surface area is 126 Å². The van der Waals surface area contributed by atoms with Gasteiger partial charge >= 0.3 is 0 Å². The van der Waals surface area contributed by atoms with Crippen molar-refractivity contribution in [3.05, 3.63) is 90.0 Å². The van der Waals surface area contributed by atoms with Crippen molar-refractivity contribution in [3.63, 3.8) is 0 Å². The van der Waals surface area contributed by atoms with Gasteiger partial charge in [0.05, 0.1) is 0 Å². The number of hydrogen-bond acceptors (Lipinski definition) is 1. The van der Waals surface area contributed by atoms with Gasteiger partial charge in [-0.05, 0) is 47.7 Å². The topological polar surface area (TPSA) is 12.0 Å².